The Bertz CT molecular complexity index is 867. The van der Waals surface area contributed by atoms with Crippen molar-refractivity contribution in [1.29, 1.82) is 0 Å². The maximum atomic E-state index is 12.3. The minimum absolute atomic E-state index is 0.133. The molecule has 2 aromatic rings. The van der Waals surface area contributed by atoms with E-state index in [1.807, 2.05) is 19.1 Å². The molecule has 1 aromatic carbocycles. The Balaban J connectivity index is 2.02. The molecule has 2 rings (SSSR count). The largest absolute Gasteiger partial charge is 0.444 e. The lowest BCUT2D eigenvalue weighted by Crippen LogP contribution is -2.38. The van der Waals surface area contributed by atoms with Crippen LogP contribution in [0.5, 0.6) is 0 Å². The number of nitrogens with zero attached hydrogens (tertiary/aromatic N) is 3. The molecule has 0 atom stereocenters. The number of aromatic nitrogens is 2. The van der Waals surface area contributed by atoms with Crippen LogP contribution in [0.4, 0.5) is 22.0 Å². The summed E-state index contributed by atoms with van der Waals surface area (Å²) in [6.07, 6.45) is 2.42. The van der Waals surface area contributed by atoms with Crippen molar-refractivity contribution in [2.75, 3.05) is 24.2 Å². The number of nitrogens with one attached hydrogen (secondary N) is 2. The number of benzene rings is 1. The van der Waals surface area contributed by atoms with E-state index in [9.17, 15) is 9.59 Å². The Kier molecular flexibility index (Phi) is 6.80. The van der Waals surface area contributed by atoms with E-state index in [4.69, 9.17) is 16.3 Å². The smallest absolute Gasteiger partial charge is 0.410 e. The van der Waals surface area contributed by atoms with Crippen LogP contribution in [0.25, 0.3) is 0 Å². The summed E-state index contributed by atoms with van der Waals surface area (Å²) >= 11 is 5.84. The normalized spacial score (nSPS) is 10.9. The van der Waals surface area contributed by atoms with E-state index in [1.165, 1.54) is 18.1 Å². The van der Waals surface area contributed by atoms with Crippen molar-refractivity contribution in [1.82, 2.24) is 14.9 Å². The Hall–Kier alpha value is -2.87. The number of hydrogen-bond donors (Lipinski definition) is 2. The average Bonchev–Trinajstić information content (AvgIpc) is 2.56. The van der Waals surface area contributed by atoms with Crippen molar-refractivity contribution in [3.05, 3.63) is 41.3 Å². The van der Waals surface area contributed by atoms with E-state index in [2.05, 4.69) is 20.6 Å². The van der Waals surface area contributed by atoms with Gasteiger partial charge in [0.15, 0.2) is 5.82 Å². The Morgan fingerprint density at radius 1 is 1.25 bits per heavy atom. The van der Waals surface area contributed by atoms with Gasteiger partial charge >= 0.3 is 6.09 Å². The molecule has 2 amide bonds. The van der Waals surface area contributed by atoms with Crippen LogP contribution in [0.1, 0.15) is 26.3 Å². The molecule has 1 heterocycles. The first-order chi connectivity index (χ1) is 13.0. The third kappa shape index (κ3) is 6.70. The van der Waals surface area contributed by atoms with Gasteiger partial charge in [-0.05, 0) is 45.4 Å². The molecule has 0 fully saturated rings. The zero-order chi connectivity index (χ0) is 20.9. The molecular weight excluding hydrogens is 382 g/mol. The summed E-state index contributed by atoms with van der Waals surface area (Å²) in [6.45, 7) is 7.04. The highest BCUT2D eigenvalue weighted by Gasteiger charge is 2.21. The number of carbonyl (C=O) groups excluding carboxylic acids is 2. The van der Waals surface area contributed by atoms with E-state index >= 15 is 0 Å². The molecule has 0 saturated heterocycles. The third-order valence-corrected chi connectivity index (χ3v) is 3.66. The molecule has 0 spiro atoms. The summed E-state index contributed by atoms with van der Waals surface area (Å²) in [5, 5.41) is 6.16. The lowest BCUT2D eigenvalue weighted by atomic mass is 10.1. The average molecular weight is 406 g/mol. The van der Waals surface area contributed by atoms with Crippen molar-refractivity contribution >= 4 is 40.8 Å². The zero-order valence-corrected chi connectivity index (χ0v) is 17.3. The minimum atomic E-state index is -0.623. The number of likely N-dealkylation sites (N-methyl/N-ethyl adjacent to an activating group) is 1. The molecule has 1 aromatic heterocycles. The summed E-state index contributed by atoms with van der Waals surface area (Å²) in [5.74, 6) is 0.148. The second kappa shape index (κ2) is 8.88. The third-order valence-electron chi connectivity index (χ3n) is 3.48. The molecule has 0 unspecified atom stereocenters. The summed E-state index contributed by atoms with van der Waals surface area (Å²) < 4.78 is 5.24. The Morgan fingerprint density at radius 2 is 1.96 bits per heavy atom. The van der Waals surface area contributed by atoms with Gasteiger partial charge in [0.2, 0.25) is 5.91 Å². The van der Waals surface area contributed by atoms with Gasteiger partial charge in [-0.2, -0.15) is 0 Å². The summed E-state index contributed by atoms with van der Waals surface area (Å²) in [4.78, 5) is 33.6. The number of hydrogen-bond acceptors (Lipinski definition) is 6. The van der Waals surface area contributed by atoms with Crippen LogP contribution in [0.2, 0.25) is 5.15 Å². The highest BCUT2D eigenvalue weighted by Crippen LogP contribution is 2.23. The van der Waals surface area contributed by atoms with E-state index in [-0.39, 0.29) is 17.6 Å². The van der Waals surface area contributed by atoms with Gasteiger partial charge in [-0.15, -0.1) is 0 Å². The number of halogens is 1. The molecule has 28 heavy (non-hydrogen) atoms. The van der Waals surface area contributed by atoms with Crippen LogP contribution in [0.3, 0.4) is 0 Å². The number of carbonyl (C=O) groups is 2. The second-order valence-electron chi connectivity index (χ2n) is 7.27. The molecule has 0 aliphatic rings. The second-order valence-corrected chi connectivity index (χ2v) is 7.65. The molecule has 0 aliphatic heterocycles. The Morgan fingerprint density at radius 3 is 2.61 bits per heavy atom. The van der Waals surface area contributed by atoms with Crippen LogP contribution in [0, 0.1) is 6.92 Å². The highest BCUT2D eigenvalue weighted by atomic mass is 35.5. The lowest BCUT2D eigenvalue weighted by Gasteiger charge is -2.24. The standard InChI is InChI=1S/C19H24ClN5O3/c1-12-6-7-13(22-16-10-21-9-15(20)24-16)8-14(12)23-17(26)11-25(5)18(27)28-19(2,3)4/h6-10H,11H2,1-5H3,(H,22,24)(H,23,26). The number of anilines is 3. The monoisotopic (exact) mass is 405 g/mol. The fraction of sp³-hybridized carbons (Fsp3) is 0.368. The van der Waals surface area contributed by atoms with Gasteiger partial charge in [0, 0.05) is 18.4 Å². The van der Waals surface area contributed by atoms with Gasteiger partial charge in [0.25, 0.3) is 0 Å². The minimum Gasteiger partial charge on any atom is -0.444 e. The van der Waals surface area contributed by atoms with Gasteiger partial charge in [-0.1, -0.05) is 17.7 Å². The van der Waals surface area contributed by atoms with Crippen LogP contribution in [-0.2, 0) is 9.53 Å². The topological polar surface area (TPSA) is 96.5 Å². The summed E-state index contributed by atoms with van der Waals surface area (Å²) in [5.41, 5.74) is 1.57. The molecule has 0 radical (unpaired) electrons. The first kappa shape index (κ1) is 21.4. The van der Waals surface area contributed by atoms with Gasteiger partial charge < -0.3 is 20.3 Å². The van der Waals surface area contributed by atoms with Gasteiger partial charge in [-0.25, -0.2) is 9.78 Å². The van der Waals surface area contributed by atoms with Crippen molar-refractivity contribution < 1.29 is 14.3 Å². The van der Waals surface area contributed by atoms with Gasteiger partial charge in [-0.3, -0.25) is 9.78 Å². The van der Waals surface area contributed by atoms with Crippen LogP contribution in [0.15, 0.2) is 30.6 Å². The van der Waals surface area contributed by atoms with E-state index in [0.29, 0.717) is 17.2 Å². The molecule has 8 nitrogen and oxygen atoms in total. The SMILES string of the molecule is Cc1ccc(Nc2cncc(Cl)n2)cc1NC(=O)CN(C)C(=O)OC(C)(C)C. The number of aryl methyl sites for hydroxylation is 1. The number of rotatable bonds is 5. The van der Waals surface area contributed by atoms with Crippen LogP contribution in [-0.4, -0.2) is 46.1 Å². The molecule has 2 N–H and O–H groups in total. The van der Waals surface area contributed by atoms with Crippen molar-refractivity contribution in [3.8, 4) is 0 Å². The fourth-order valence-electron chi connectivity index (χ4n) is 2.19. The first-order valence-corrected chi connectivity index (χ1v) is 9.00. The summed E-state index contributed by atoms with van der Waals surface area (Å²) in [6, 6.07) is 5.47. The first-order valence-electron chi connectivity index (χ1n) is 8.63. The molecule has 0 saturated carbocycles. The van der Waals surface area contributed by atoms with Crippen molar-refractivity contribution in [2.24, 2.45) is 0 Å². The van der Waals surface area contributed by atoms with Gasteiger partial charge in [0.05, 0.1) is 12.4 Å². The molecule has 0 bridgehead atoms. The lowest BCUT2D eigenvalue weighted by molar-refractivity contribution is -0.117. The maximum absolute atomic E-state index is 12.3. The predicted molar refractivity (Wildman–Crippen MR) is 109 cm³/mol. The molecule has 9 heteroatoms. The van der Waals surface area contributed by atoms with Gasteiger partial charge in [0.1, 0.15) is 17.3 Å². The number of ether oxygens (including phenoxy) is 1. The maximum Gasteiger partial charge on any atom is 0.410 e. The van der Waals surface area contributed by atoms with E-state index in [0.717, 1.165) is 5.56 Å². The molecule has 150 valence electrons. The summed E-state index contributed by atoms with van der Waals surface area (Å²) in [7, 11) is 1.51. The van der Waals surface area contributed by atoms with E-state index < -0.39 is 11.7 Å². The number of amides is 2. The predicted octanol–water partition coefficient (Wildman–Crippen LogP) is 3.99. The molecular formula is C19H24ClN5O3. The van der Waals surface area contributed by atoms with Crippen LogP contribution >= 0.6 is 11.6 Å². The fourth-order valence-corrected chi connectivity index (χ4v) is 2.34. The zero-order valence-electron chi connectivity index (χ0n) is 16.5. The Labute approximate surface area is 169 Å². The van der Waals surface area contributed by atoms with Crippen molar-refractivity contribution in [3.63, 3.8) is 0 Å². The van der Waals surface area contributed by atoms with E-state index in [1.54, 1.807) is 33.0 Å². The molecule has 0 aliphatic carbocycles. The highest BCUT2D eigenvalue weighted by molar-refractivity contribution is 6.29. The quantitative estimate of drug-likeness (QED) is 0.780. The van der Waals surface area contributed by atoms with Crippen molar-refractivity contribution in [2.45, 2.75) is 33.3 Å². The van der Waals surface area contributed by atoms with Crippen LogP contribution < -0.4 is 10.6 Å².